The summed E-state index contributed by atoms with van der Waals surface area (Å²) in [6.07, 6.45) is 11.2. The number of benzene rings is 4. The van der Waals surface area contributed by atoms with E-state index in [2.05, 4.69) is 127 Å². The van der Waals surface area contributed by atoms with Gasteiger partial charge in [0, 0.05) is 65.9 Å². The van der Waals surface area contributed by atoms with Gasteiger partial charge in [-0.15, -0.1) is 0 Å². The average Bonchev–Trinajstić information content (AvgIpc) is 3.91. The number of likely N-dealkylation sites (N-methyl/N-ethyl adjacent to an activating group) is 2. The third-order valence-electron chi connectivity index (χ3n) is 8.69. The number of nitrogens with one attached hydrogen (secondary N) is 4. The van der Waals surface area contributed by atoms with E-state index >= 15 is 0 Å². The molecule has 7 aromatic rings. The number of H-pyrrole nitrogens is 2. The summed E-state index contributed by atoms with van der Waals surface area (Å²) in [6.45, 7) is 1.77. The molecule has 4 N–H and O–H groups in total. The minimum atomic E-state index is 0.302. The number of aromatic nitrogens is 5. The summed E-state index contributed by atoms with van der Waals surface area (Å²) >= 11 is 5.99. The van der Waals surface area contributed by atoms with Crippen LogP contribution in [-0.2, 0) is 0 Å². The van der Waals surface area contributed by atoms with Crippen LogP contribution >= 0.6 is 11.6 Å². The number of nitrogens with zero attached hydrogens (tertiary/aromatic N) is 3. The van der Waals surface area contributed by atoms with Gasteiger partial charge in [0.25, 0.3) is 0 Å². The van der Waals surface area contributed by atoms with Crippen molar-refractivity contribution in [1.82, 2.24) is 36.0 Å². The second-order valence-corrected chi connectivity index (χ2v) is 12.3. The molecule has 0 radical (unpaired) electrons. The van der Waals surface area contributed by atoms with Crippen molar-refractivity contribution in [3.63, 3.8) is 0 Å². The molecule has 2 unspecified atom stereocenters. The summed E-state index contributed by atoms with van der Waals surface area (Å²) in [5.41, 5.74) is 12.0. The Morgan fingerprint density at radius 2 is 0.918 bits per heavy atom. The van der Waals surface area contributed by atoms with E-state index in [1.54, 1.807) is 6.20 Å². The van der Waals surface area contributed by atoms with Crippen molar-refractivity contribution in [3.05, 3.63) is 174 Å². The zero-order valence-corrected chi connectivity index (χ0v) is 28.4. The molecule has 4 aromatic carbocycles. The van der Waals surface area contributed by atoms with E-state index in [4.69, 9.17) is 11.6 Å². The number of aromatic amines is 2. The summed E-state index contributed by atoms with van der Waals surface area (Å²) in [5.74, 6) is 0.608. The number of hydrogen-bond acceptors (Lipinski definition) is 5. The highest BCUT2D eigenvalue weighted by molar-refractivity contribution is 6.30. The predicted molar refractivity (Wildman–Crippen MR) is 201 cm³/mol. The molecular formula is C41H40ClN7. The molecule has 0 fully saturated rings. The number of hydrogen-bond donors (Lipinski definition) is 4. The standard InChI is InChI=1S/C23H22N4.C18H18ClN3/c1-24-16-23(20-10-6-18(7-11-20)22-14-26-27-15-22)19-8-4-17(5-9-19)21-3-2-12-25-13-21;1-20-12-18(15-6-8-17(19)9-7-15)14-4-2-13(3-5-14)16-10-21-22-11-16/h2-15,23-24H,16H2,1H3,(H,26,27);2-11,18,20H,12H2,1H3,(H,21,22). The first-order valence-electron chi connectivity index (χ1n) is 16.4. The maximum Gasteiger partial charge on any atom is 0.0565 e. The summed E-state index contributed by atoms with van der Waals surface area (Å²) in [5, 5.41) is 21.1. The minimum absolute atomic E-state index is 0.302. The van der Waals surface area contributed by atoms with Gasteiger partial charge >= 0.3 is 0 Å². The van der Waals surface area contributed by atoms with Crippen molar-refractivity contribution in [2.75, 3.05) is 27.2 Å². The van der Waals surface area contributed by atoms with Crippen molar-refractivity contribution in [3.8, 4) is 33.4 Å². The molecule has 2 atom stereocenters. The van der Waals surface area contributed by atoms with Crippen LogP contribution in [0.2, 0.25) is 5.02 Å². The van der Waals surface area contributed by atoms with Crippen LogP contribution in [0.15, 0.2) is 146 Å². The number of pyridine rings is 1. The maximum atomic E-state index is 5.99. The van der Waals surface area contributed by atoms with Crippen molar-refractivity contribution < 1.29 is 0 Å². The third-order valence-corrected chi connectivity index (χ3v) is 8.94. The molecule has 0 spiro atoms. The van der Waals surface area contributed by atoms with Gasteiger partial charge in [-0.2, -0.15) is 10.2 Å². The van der Waals surface area contributed by atoms with Crippen LogP contribution in [0.25, 0.3) is 33.4 Å². The molecule has 0 saturated carbocycles. The van der Waals surface area contributed by atoms with E-state index in [1.165, 1.54) is 33.4 Å². The highest BCUT2D eigenvalue weighted by atomic mass is 35.5. The van der Waals surface area contributed by atoms with Gasteiger partial charge < -0.3 is 10.6 Å². The number of rotatable bonds is 11. The Hall–Kier alpha value is -5.34. The number of halogens is 1. The molecule has 3 aromatic heterocycles. The first-order valence-corrected chi connectivity index (χ1v) is 16.7. The minimum Gasteiger partial charge on any atom is -0.319 e. The van der Waals surface area contributed by atoms with Crippen LogP contribution in [0.5, 0.6) is 0 Å². The Labute approximate surface area is 292 Å². The topological polar surface area (TPSA) is 94.3 Å². The SMILES string of the molecule is CNCC(c1ccc(-c2cccnc2)cc1)c1ccc(-c2cn[nH]c2)cc1.CNCC(c1ccc(Cl)cc1)c1ccc(-c2cn[nH]c2)cc1. The molecule has 7 rings (SSSR count). The van der Waals surface area contributed by atoms with Crippen LogP contribution in [0.1, 0.15) is 34.1 Å². The fourth-order valence-corrected chi connectivity index (χ4v) is 6.16. The Bertz CT molecular complexity index is 1960. The van der Waals surface area contributed by atoms with Gasteiger partial charge in [-0.05, 0) is 76.8 Å². The summed E-state index contributed by atoms with van der Waals surface area (Å²) in [7, 11) is 3.97. The normalized spacial score (nSPS) is 12.1. The zero-order valence-electron chi connectivity index (χ0n) is 27.6. The Balaban J connectivity index is 0.000000174. The third kappa shape index (κ3) is 8.58. The fraction of sp³-hybridized carbons (Fsp3) is 0.146. The average molecular weight is 666 g/mol. The summed E-state index contributed by atoms with van der Waals surface area (Å²) in [4.78, 5) is 4.21. The Morgan fingerprint density at radius 1 is 0.510 bits per heavy atom. The first-order chi connectivity index (χ1) is 24.1. The van der Waals surface area contributed by atoms with Crippen molar-refractivity contribution in [2.45, 2.75) is 11.8 Å². The molecule has 0 aliphatic carbocycles. The molecule has 7 nitrogen and oxygen atoms in total. The van der Waals surface area contributed by atoms with Gasteiger partial charge in [-0.1, -0.05) is 103 Å². The zero-order chi connectivity index (χ0) is 33.8. The van der Waals surface area contributed by atoms with Crippen LogP contribution in [-0.4, -0.2) is 52.6 Å². The lowest BCUT2D eigenvalue weighted by Crippen LogP contribution is -2.18. The van der Waals surface area contributed by atoms with Gasteiger partial charge in [-0.25, -0.2) is 0 Å². The van der Waals surface area contributed by atoms with Crippen molar-refractivity contribution in [2.24, 2.45) is 0 Å². The summed E-state index contributed by atoms with van der Waals surface area (Å²) < 4.78 is 0. The molecule has 246 valence electrons. The lowest BCUT2D eigenvalue weighted by molar-refractivity contribution is 0.708. The van der Waals surface area contributed by atoms with Gasteiger partial charge in [-0.3, -0.25) is 15.2 Å². The second kappa shape index (κ2) is 16.7. The van der Waals surface area contributed by atoms with Gasteiger partial charge in [0.2, 0.25) is 0 Å². The fourth-order valence-electron chi connectivity index (χ4n) is 6.03. The van der Waals surface area contributed by atoms with Crippen molar-refractivity contribution in [1.29, 1.82) is 0 Å². The molecular weight excluding hydrogens is 626 g/mol. The quantitative estimate of drug-likeness (QED) is 0.111. The Morgan fingerprint density at radius 3 is 1.27 bits per heavy atom. The maximum absolute atomic E-state index is 5.99. The van der Waals surface area contributed by atoms with Crippen LogP contribution in [0.3, 0.4) is 0 Å². The van der Waals surface area contributed by atoms with Gasteiger partial charge in [0.15, 0.2) is 0 Å². The smallest absolute Gasteiger partial charge is 0.0565 e. The highest BCUT2D eigenvalue weighted by Gasteiger charge is 2.15. The largest absolute Gasteiger partial charge is 0.319 e. The van der Waals surface area contributed by atoms with Crippen LogP contribution < -0.4 is 10.6 Å². The van der Waals surface area contributed by atoms with Crippen LogP contribution in [0, 0.1) is 0 Å². The van der Waals surface area contributed by atoms with E-state index in [0.717, 1.165) is 40.4 Å². The van der Waals surface area contributed by atoms with Gasteiger partial charge in [0.05, 0.1) is 12.4 Å². The van der Waals surface area contributed by atoms with Crippen LogP contribution in [0.4, 0.5) is 0 Å². The molecule has 0 amide bonds. The molecule has 0 bridgehead atoms. The Kier molecular flexibility index (Phi) is 11.4. The molecule has 3 heterocycles. The van der Waals surface area contributed by atoms with Gasteiger partial charge in [0.1, 0.15) is 0 Å². The second-order valence-electron chi connectivity index (χ2n) is 11.9. The monoisotopic (exact) mass is 665 g/mol. The molecule has 0 aliphatic rings. The summed E-state index contributed by atoms with van der Waals surface area (Å²) in [6, 6.07) is 38.3. The lowest BCUT2D eigenvalue weighted by atomic mass is 9.89. The first kappa shape index (κ1) is 33.6. The molecule has 49 heavy (non-hydrogen) atoms. The molecule has 8 heteroatoms. The molecule has 0 aliphatic heterocycles. The molecule has 0 saturated heterocycles. The van der Waals surface area contributed by atoms with E-state index in [1.807, 2.05) is 63.3 Å². The predicted octanol–water partition coefficient (Wildman–Crippen LogP) is 8.57. The highest BCUT2D eigenvalue weighted by Crippen LogP contribution is 2.30. The van der Waals surface area contributed by atoms with E-state index in [0.29, 0.717) is 11.8 Å². The lowest BCUT2D eigenvalue weighted by Gasteiger charge is -2.18. The van der Waals surface area contributed by atoms with E-state index in [-0.39, 0.29) is 0 Å². The van der Waals surface area contributed by atoms with E-state index < -0.39 is 0 Å². The van der Waals surface area contributed by atoms with Crippen molar-refractivity contribution >= 4 is 11.6 Å². The van der Waals surface area contributed by atoms with E-state index in [9.17, 15) is 0 Å².